The minimum absolute atomic E-state index is 0.0893. The van der Waals surface area contributed by atoms with Crippen molar-refractivity contribution in [1.29, 1.82) is 0 Å². The van der Waals surface area contributed by atoms with Gasteiger partial charge in [-0.1, -0.05) is 111 Å². The Labute approximate surface area is 267 Å². The number of hydrogen-bond donors (Lipinski definition) is 2. The summed E-state index contributed by atoms with van der Waals surface area (Å²) in [5.74, 6) is 0. The molecule has 44 heavy (non-hydrogen) atoms. The summed E-state index contributed by atoms with van der Waals surface area (Å²) in [4.78, 5) is 0. The topological polar surface area (TPSA) is 65.5 Å². The first-order valence-corrected chi connectivity index (χ1v) is 16.6. The van der Waals surface area contributed by atoms with E-state index in [9.17, 15) is 10.2 Å². The monoisotopic (exact) mass is 602 g/mol. The van der Waals surface area contributed by atoms with Crippen LogP contribution in [-0.2, 0) is 9.47 Å². The van der Waals surface area contributed by atoms with Crippen LogP contribution in [0.25, 0.3) is 0 Å². The summed E-state index contributed by atoms with van der Waals surface area (Å²) in [6.07, 6.45) is 30.6. The average Bonchev–Trinajstić information content (AvgIpc) is 3.73. The number of hydrogen-bond acceptors (Lipinski definition) is 4. The highest BCUT2D eigenvalue weighted by Gasteiger charge is 2.75. The van der Waals surface area contributed by atoms with E-state index in [4.69, 9.17) is 9.47 Å². The minimum Gasteiger partial charge on any atom is -0.393 e. The van der Waals surface area contributed by atoms with Gasteiger partial charge < -0.3 is 19.7 Å². The maximum absolute atomic E-state index is 10.3. The highest BCUT2D eigenvalue weighted by Crippen LogP contribution is 2.67. The third kappa shape index (κ3) is 6.94. The predicted octanol–water partition coefficient (Wildman–Crippen LogP) is 9.19. The first kappa shape index (κ1) is 34.6. The van der Waals surface area contributed by atoms with E-state index in [1.165, 1.54) is 22.3 Å². The van der Waals surface area contributed by atoms with Gasteiger partial charge in [0, 0.05) is 23.7 Å². The quantitative estimate of drug-likeness (QED) is 0.141. The van der Waals surface area contributed by atoms with Gasteiger partial charge in [-0.15, -0.1) is 0 Å². The van der Waals surface area contributed by atoms with Gasteiger partial charge >= 0.3 is 0 Å². The Balaban J connectivity index is 1.22. The maximum atomic E-state index is 10.3. The van der Waals surface area contributed by atoms with Crippen molar-refractivity contribution in [1.82, 2.24) is 0 Å². The summed E-state index contributed by atoms with van der Waals surface area (Å²) < 4.78 is 12.5. The summed E-state index contributed by atoms with van der Waals surface area (Å²) in [6, 6.07) is 0. The molecule has 2 saturated carbocycles. The van der Waals surface area contributed by atoms with Crippen molar-refractivity contribution in [3.8, 4) is 0 Å². The smallest absolute Gasteiger partial charge is 0.121 e. The molecule has 6 atom stereocenters. The van der Waals surface area contributed by atoms with Crippen LogP contribution in [0.3, 0.4) is 0 Å². The standard InChI is InChI=1S/C40H58O4/c1-29(17-13-19-31(3)21-23-39-35(5,6)25-33(41)27-37(39,9)43-39)15-11-12-16-30(2)18-14-20-32(4)22-24-40-36(7,8)26-34(42)28-38(40,10)44-40/h13-24,33-34,41-42H,11-12,25-28H2,1-10H3/b17-13+,18-14+,23-21+,24-22+,29-15+,30-16+,31-19+,32-20+/t33-,34-,37+,38+,39-,40-/m0/s1. The van der Waals surface area contributed by atoms with Gasteiger partial charge in [0.25, 0.3) is 0 Å². The molecule has 2 saturated heterocycles. The molecule has 4 aliphatic rings. The lowest BCUT2D eigenvalue weighted by molar-refractivity contribution is 0.0510. The zero-order valence-corrected chi connectivity index (χ0v) is 29.0. The molecule has 242 valence electrons. The van der Waals surface area contributed by atoms with Crippen molar-refractivity contribution in [3.63, 3.8) is 0 Å². The minimum atomic E-state index is -0.286. The molecule has 0 amide bonds. The third-order valence-corrected chi connectivity index (χ3v) is 10.7. The van der Waals surface area contributed by atoms with Crippen molar-refractivity contribution in [2.75, 3.05) is 0 Å². The second kappa shape index (κ2) is 12.5. The van der Waals surface area contributed by atoms with Crippen LogP contribution in [0, 0.1) is 10.8 Å². The van der Waals surface area contributed by atoms with Crippen LogP contribution in [0.1, 0.15) is 108 Å². The largest absolute Gasteiger partial charge is 0.393 e. The molecule has 4 heteroatoms. The van der Waals surface area contributed by atoms with E-state index in [2.05, 4.69) is 142 Å². The van der Waals surface area contributed by atoms with Crippen molar-refractivity contribution in [2.45, 2.75) is 142 Å². The van der Waals surface area contributed by atoms with E-state index in [0.717, 1.165) is 25.7 Å². The zero-order chi connectivity index (χ0) is 32.6. The fraction of sp³-hybridized carbons (Fsp3) is 0.600. The van der Waals surface area contributed by atoms with Crippen LogP contribution in [0.5, 0.6) is 0 Å². The Bertz CT molecular complexity index is 1230. The summed E-state index contributed by atoms with van der Waals surface area (Å²) in [5.41, 5.74) is 3.62. The van der Waals surface area contributed by atoms with Crippen molar-refractivity contribution >= 4 is 0 Å². The van der Waals surface area contributed by atoms with Crippen LogP contribution >= 0.6 is 0 Å². The fourth-order valence-corrected chi connectivity index (χ4v) is 8.22. The van der Waals surface area contributed by atoms with Crippen molar-refractivity contribution < 1.29 is 19.7 Å². The lowest BCUT2D eigenvalue weighted by Gasteiger charge is -2.39. The Kier molecular flexibility index (Phi) is 9.85. The van der Waals surface area contributed by atoms with E-state index in [1.54, 1.807) is 0 Å². The summed E-state index contributed by atoms with van der Waals surface area (Å²) in [6.45, 7) is 21.6. The average molecular weight is 603 g/mol. The number of unbranched alkanes of at least 4 members (excludes halogenated alkanes) is 1. The van der Waals surface area contributed by atoms with Crippen LogP contribution < -0.4 is 0 Å². The van der Waals surface area contributed by atoms with Crippen molar-refractivity contribution in [2.24, 2.45) is 10.8 Å². The van der Waals surface area contributed by atoms with E-state index in [-0.39, 0.29) is 45.4 Å². The number of aliphatic hydroxyl groups excluding tert-OH is 2. The molecular weight excluding hydrogens is 544 g/mol. The Morgan fingerprint density at radius 3 is 1.27 bits per heavy atom. The molecule has 0 spiro atoms. The summed E-state index contributed by atoms with van der Waals surface area (Å²) >= 11 is 0. The van der Waals surface area contributed by atoms with Gasteiger partial charge in [-0.2, -0.15) is 0 Å². The number of epoxide rings is 2. The van der Waals surface area contributed by atoms with Crippen LogP contribution in [0.15, 0.2) is 95.2 Å². The van der Waals surface area contributed by atoms with E-state index >= 15 is 0 Å². The Morgan fingerprint density at radius 2 is 0.932 bits per heavy atom. The van der Waals surface area contributed by atoms with Gasteiger partial charge in [-0.25, -0.2) is 0 Å². The maximum Gasteiger partial charge on any atom is 0.121 e. The fourth-order valence-electron chi connectivity index (χ4n) is 8.22. The SMILES string of the molecule is CC(/C=C/[C@@]12O[C@]1(C)C[C@@H](O)CC2(C)C)=C\C=C\C(C)=C\CC/C=C(C)/C=C/C=C(C)/C=C/[C@@]12O[C@]1(C)C[C@@H](O)CC2(C)C. The zero-order valence-electron chi connectivity index (χ0n) is 29.0. The van der Waals surface area contributed by atoms with Crippen LogP contribution in [-0.4, -0.2) is 44.8 Å². The predicted molar refractivity (Wildman–Crippen MR) is 183 cm³/mol. The highest BCUT2D eigenvalue weighted by molar-refractivity contribution is 5.37. The van der Waals surface area contributed by atoms with E-state index < -0.39 is 0 Å². The summed E-state index contributed by atoms with van der Waals surface area (Å²) in [7, 11) is 0. The Morgan fingerprint density at radius 1 is 0.568 bits per heavy atom. The molecule has 4 nitrogen and oxygen atoms in total. The molecule has 0 unspecified atom stereocenters. The number of aliphatic hydroxyl groups is 2. The van der Waals surface area contributed by atoms with Crippen molar-refractivity contribution in [3.05, 3.63) is 95.2 Å². The van der Waals surface area contributed by atoms with Gasteiger partial charge in [0.15, 0.2) is 0 Å². The molecular formula is C40H58O4. The highest BCUT2D eigenvalue weighted by atomic mass is 16.6. The van der Waals surface area contributed by atoms with E-state index in [0.29, 0.717) is 12.8 Å². The van der Waals surface area contributed by atoms with Gasteiger partial charge in [0.05, 0.1) is 12.2 Å². The van der Waals surface area contributed by atoms with Gasteiger partial charge in [0.1, 0.15) is 22.4 Å². The molecule has 4 rings (SSSR count). The first-order chi connectivity index (χ1) is 20.4. The molecule has 0 aromatic carbocycles. The molecule has 0 aromatic rings. The molecule has 2 aliphatic heterocycles. The molecule has 2 heterocycles. The second-order valence-electron chi connectivity index (χ2n) is 15.7. The first-order valence-electron chi connectivity index (χ1n) is 16.6. The van der Waals surface area contributed by atoms with Gasteiger partial charge in [0.2, 0.25) is 0 Å². The Hall–Kier alpha value is -2.24. The van der Waals surface area contributed by atoms with Crippen LogP contribution in [0.4, 0.5) is 0 Å². The molecule has 0 radical (unpaired) electrons. The number of allylic oxidation sites excluding steroid dienone is 14. The molecule has 0 aromatic heterocycles. The molecule has 2 N–H and O–H groups in total. The van der Waals surface area contributed by atoms with Gasteiger partial charge in [-0.05, 0) is 79.4 Å². The van der Waals surface area contributed by atoms with Gasteiger partial charge in [-0.3, -0.25) is 0 Å². The third-order valence-electron chi connectivity index (χ3n) is 10.7. The second-order valence-corrected chi connectivity index (χ2v) is 15.7. The van der Waals surface area contributed by atoms with Crippen LogP contribution in [0.2, 0.25) is 0 Å². The summed E-state index contributed by atoms with van der Waals surface area (Å²) in [5, 5.41) is 20.5. The molecule has 4 fully saturated rings. The number of ether oxygens (including phenoxy) is 2. The van der Waals surface area contributed by atoms with E-state index in [1.807, 2.05) is 0 Å². The number of rotatable bonds is 11. The molecule has 0 bridgehead atoms. The molecule has 2 aliphatic carbocycles. The lowest BCUT2D eigenvalue weighted by atomic mass is 9.63. The normalized spacial score (nSPS) is 39.0. The number of fused-ring (bicyclic) bond motifs is 2. The lowest BCUT2D eigenvalue weighted by Crippen LogP contribution is -2.46.